The van der Waals surface area contributed by atoms with Crippen molar-refractivity contribution >= 4 is 32.9 Å². The maximum absolute atomic E-state index is 14.8. The Bertz CT molecular complexity index is 924. The molecule has 26 heavy (non-hydrogen) atoms. The van der Waals surface area contributed by atoms with Gasteiger partial charge in [0.25, 0.3) is 0 Å². The standard InChI is InChI=1S/C18H16BrF2N3OS/c1-25-16-12-6-18(13-3-2-10(20)5-15(13)21)9(8-26-17(22)24-18)4-11(12)14(19)7-23-16/h2-3,5,7,9H,4,6,8H2,1H3,(H2,22,24)/t9?,18-/m0/s1. The summed E-state index contributed by atoms with van der Waals surface area (Å²) in [4.78, 5) is 9.02. The highest BCUT2D eigenvalue weighted by Gasteiger charge is 2.49. The van der Waals surface area contributed by atoms with Crippen LogP contribution in [-0.2, 0) is 18.4 Å². The number of methoxy groups -OCH3 is 1. The lowest BCUT2D eigenvalue weighted by molar-refractivity contribution is 0.261. The van der Waals surface area contributed by atoms with E-state index in [1.54, 1.807) is 13.3 Å². The topological polar surface area (TPSA) is 60.5 Å². The van der Waals surface area contributed by atoms with Crippen molar-refractivity contribution < 1.29 is 13.5 Å². The van der Waals surface area contributed by atoms with Gasteiger partial charge in [-0.2, -0.15) is 0 Å². The molecule has 0 saturated carbocycles. The van der Waals surface area contributed by atoms with Crippen LogP contribution in [0.15, 0.2) is 33.9 Å². The van der Waals surface area contributed by atoms with Crippen LogP contribution in [0.5, 0.6) is 5.88 Å². The van der Waals surface area contributed by atoms with Gasteiger partial charge in [-0.15, -0.1) is 0 Å². The number of aromatic nitrogens is 1. The summed E-state index contributed by atoms with van der Waals surface area (Å²) in [6, 6.07) is 3.65. The average molecular weight is 440 g/mol. The number of halogens is 3. The zero-order valence-electron chi connectivity index (χ0n) is 13.9. The van der Waals surface area contributed by atoms with Crippen molar-refractivity contribution in [3.8, 4) is 5.88 Å². The van der Waals surface area contributed by atoms with Crippen LogP contribution in [0.25, 0.3) is 0 Å². The third-order valence-electron chi connectivity index (χ3n) is 5.11. The number of hydrogen-bond acceptors (Lipinski definition) is 5. The van der Waals surface area contributed by atoms with E-state index in [1.807, 2.05) is 0 Å². The Kier molecular flexibility index (Phi) is 4.43. The van der Waals surface area contributed by atoms with Gasteiger partial charge in [-0.3, -0.25) is 4.99 Å². The van der Waals surface area contributed by atoms with E-state index in [0.717, 1.165) is 21.7 Å². The Morgan fingerprint density at radius 1 is 1.35 bits per heavy atom. The number of benzene rings is 1. The maximum Gasteiger partial charge on any atom is 0.216 e. The van der Waals surface area contributed by atoms with Crippen molar-refractivity contribution in [1.82, 2.24) is 4.98 Å². The molecule has 2 aliphatic rings. The van der Waals surface area contributed by atoms with E-state index in [4.69, 9.17) is 15.5 Å². The molecule has 0 spiro atoms. The van der Waals surface area contributed by atoms with E-state index in [9.17, 15) is 8.78 Å². The number of nitrogens with zero attached hydrogens (tertiary/aromatic N) is 2. The van der Waals surface area contributed by atoms with Gasteiger partial charge in [0.1, 0.15) is 11.6 Å². The summed E-state index contributed by atoms with van der Waals surface area (Å²) in [6.45, 7) is 0. The van der Waals surface area contributed by atoms with Crippen LogP contribution in [0.3, 0.4) is 0 Å². The first-order chi connectivity index (χ1) is 12.4. The van der Waals surface area contributed by atoms with E-state index < -0.39 is 17.2 Å². The second kappa shape index (κ2) is 6.49. The fraction of sp³-hybridized carbons (Fsp3) is 0.333. The average Bonchev–Trinajstić information content (AvgIpc) is 2.60. The highest BCUT2D eigenvalue weighted by molar-refractivity contribution is 9.10. The molecule has 0 fully saturated rings. The predicted octanol–water partition coefficient (Wildman–Crippen LogP) is 3.80. The molecular formula is C18H16BrF2N3OS. The fourth-order valence-corrected chi connectivity index (χ4v) is 5.41. The van der Waals surface area contributed by atoms with Crippen LogP contribution >= 0.6 is 27.7 Å². The lowest BCUT2D eigenvalue weighted by Crippen LogP contribution is -2.46. The molecule has 4 nitrogen and oxygen atoms in total. The highest BCUT2D eigenvalue weighted by Crippen LogP contribution is 2.51. The largest absolute Gasteiger partial charge is 0.481 e. The monoisotopic (exact) mass is 439 g/mol. The molecular weight excluding hydrogens is 424 g/mol. The fourth-order valence-electron chi connectivity index (χ4n) is 3.91. The second-order valence-electron chi connectivity index (χ2n) is 6.46. The molecule has 2 heterocycles. The quantitative estimate of drug-likeness (QED) is 0.772. The summed E-state index contributed by atoms with van der Waals surface area (Å²) < 4.78 is 34.6. The predicted molar refractivity (Wildman–Crippen MR) is 102 cm³/mol. The molecule has 1 aliphatic carbocycles. The summed E-state index contributed by atoms with van der Waals surface area (Å²) in [6.07, 6.45) is 2.79. The number of ether oxygens (including phenoxy) is 1. The Hall–Kier alpha value is -1.67. The van der Waals surface area contributed by atoms with Crippen LogP contribution in [0.2, 0.25) is 0 Å². The minimum absolute atomic E-state index is 0.0238. The molecule has 1 aliphatic heterocycles. The van der Waals surface area contributed by atoms with Gasteiger partial charge in [0.15, 0.2) is 5.17 Å². The first-order valence-corrected chi connectivity index (χ1v) is 9.86. The minimum Gasteiger partial charge on any atom is -0.481 e. The van der Waals surface area contributed by atoms with Crippen LogP contribution in [0.1, 0.15) is 16.7 Å². The van der Waals surface area contributed by atoms with E-state index >= 15 is 0 Å². The lowest BCUT2D eigenvalue weighted by atomic mass is 9.67. The zero-order valence-corrected chi connectivity index (χ0v) is 16.3. The number of amidine groups is 1. The number of rotatable bonds is 2. The second-order valence-corrected chi connectivity index (χ2v) is 8.35. The molecule has 0 radical (unpaired) electrons. The minimum atomic E-state index is -0.893. The number of nitrogens with two attached hydrogens (primary N) is 1. The van der Waals surface area contributed by atoms with E-state index in [2.05, 4.69) is 20.9 Å². The van der Waals surface area contributed by atoms with Gasteiger partial charge in [0.2, 0.25) is 5.88 Å². The van der Waals surface area contributed by atoms with Crippen LogP contribution in [0, 0.1) is 17.6 Å². The van der Waals surface area contributed by atoms with Crippen molar-refractivity contribution in [3.63, 3.8) is 0 Å². The third kappa shape index (κ3) is 2.70. The van der Waals surface area contributed by atoms with Crippen molar-refractivity contribution in [3.05, 3.63) is 57.2 Å². The zero-order chi connectivity index (χ0) is 18.5. The highest BCUT2D eigenvalue weighted by atomic mass is 79.9. The summed E-state index contributed by atoms with van der Waals surface area (Å²) >= 11 is 5.03. The smallest absolute Gasteiger partial charge is 0.216 e. The number of thioether (sulfide) groups is 1. The molecule has 8 heteroatoms. The summed E-state index contributed by atoms with van der Waals surface area (Å²) in [7, 11) is 1.56. The maximum atomic E-state index is 14.8. The Labute approximate surface area is 162 Å². The van der Waals surface area contributed by atoms with E-state index in [1.165, 1.54) is 23.9 Å². The summed E-state index contributed by atoms with van der Waals surface area (Å²) in [5.74, 6) is 0.0115. The van der Waals surface area contributed by atoms with E-state index in [0.29, 0.717) is 35.2 Å². The SMILES string of the molecule is COc1ncc(Br)c2c1C[C@]1(c3ccc(F)cc3F)N=C(N)SCC1C2. The molecule has 0 amide bonds. The van der Waals surface area contributed by atoms with Gasteiger partial charge in [-0.05, 0) is 34.0 Å². The summed E-state index contributed by atoms with van der Waals surface area (Å²) in [5, 5.41) is 0.412. The molecule has 2 atom stereocenters. The molecule has 136 valence electrons. The molecule has 1 aromatic carbocycles. The van der Waals surface area contributed by atoms with Crippen molar-refractivity contribution in [2.45, 2.75) is 18.4 Å². The first kappa shape index (κ1) is 17.7. The molecule has 2 N–H and O–H groups in total. The summed E-state index contributed by atoms with van der Waals surface area (Å²) in [5.41, 5.74) is 7.47. The van der Waals surface area contributed by atoms with Crippen molar-refractivity contribution in [1.29, 1.82) is 0 Å². The van der Waals surface area contributed by atoms with Gasteiger partial charge in [0.05, 0.1) is 12.6 Å². The lowest BCUT2D eigenvalue weighted by Gasteiger charge is -2.45. The first-order valence-electron chi connectivity index (χ1n) is 8.08. The van der Waals surface area contributed by atoms with Crippen LogP contribution < -0.4 is 10.5 Å². The Morgan fingerprint density at radius 2 is 2.15 bits per heavy atom. The van der Waals surface area contributed by atoms with Gasteiger partial charge < -0.3 is 10.5 Å². The third-order valence-corrected chi connectivity index (χ3v) is 6.75. The molecule has 4 rings (SSSR count). The van der Waals surface area contributed by atoms with Gasteiger partial charge in [-0.1, -0.05) is 17.8 Å². The van der Waals surface area contributed by atoms with Crippen LogP contribution in [-0.4, -0.2) is 23.0 Å². The van der Waals surface area contributed by atoms with Crippen molar-refractivity contribution in [2.24, 2.45) is 16.6 Å². The molecule has 0 bridgehead atoms. The van der Waals surface area contributed by atoms with Gasteiger partial charge in [0, 0.05) is 46.0 Å². The van der Waals surface area contributed by atoms with Gasteiger partial charge in [-0.25, -0.2) is 13.8 Å². The molecule has 1 unspecified atom stereocenters. The molecule has 1 aromatic heterocycles. The number of hydrogen-bond donors (Lipinski definition) is 1. The number of fused-ring (bicyclic) bond motifs is 2. The Balaban J connectivity index is 1.95. The van der Waals surface area contributed by atoms with Crippen molar-refractivity contribution in [2.75, 3.05) is 12.9 Å². The Morgan fingerprint density at radius 3 is 2.88 bits per heavy atom. The number of aliphatic imine (C=N–C) groups is 1. The molecule has 0 saturated heterocycles. The van der Waals surface area contributed by atoms with Gasteiger partial charge >= 0.3 is 0 Å². The normalized spacial score (nSPS) is 24.5. The van der Waals surface area contributed by atoms with E-state index in [-0.39, 0.29) is 5.92 Å². The molecule has 2 aromatic rings. The van der Waals surface area contributed by atoms with Crippen LogP contribution in [0.4, 0.5) is 8.78 Å². The number of pyridine rings is 1.